The van der Waals surface area contributed by atoms with Crippen molar-refractivity contribution in [3.8, 4) is 0 Å². The Labute approximate surface area is 139 Å². The van der Waals surface area contributed by atoms with Crippen LogP contribution >= 0.6 is 0 Å². The molecule has 0 aliphatic heterocycles. The average Bonchev–Trinajstić information content (AvgIpc) is 2.52. The number of pyridine rings is 1. The summed E-state index contributed by atoms with van der Waals surface area (Å²) in [6.45, 7) is 6.27. The third-order valence-corrected chi connectivity index (χ3v) is 5.56. The molecular weight excluding hydrogens is 308 g/mol. The number of nitrogens with zero attached hydrogens (tertiary/aromatic N) is 2. The molecule has 0 N–H and O–H groups in total. The standard InChI is InChI=1S/C18H24N2O2S/c1-4-5-11-23(21,22)20(14-17-7-6-10-19-13-17)18-9-8-15(2)12-16(18)3/h6-10,12-13H,4-5,11,14H2,1-3H3. The van der Waals surface area contributed by atoms with E-state index in [4.69, 9.17) is 0 Å². The third kappa shape index (κ3) is 4.55. The molecule has 0 spiro atoms. The Kier molecular flexibility index (Phi) is 5.77. The fourth-order valence-corrected chi connectivity index (χ4v) is 4.24. The summed E-state index contributed by atoms with van der Waals surface area (Å²) in [5, 5.41) is 0. The van der Waals surface area contributed by atoms with Crippen LogP contribution in [0, 0.1) is 13.8 Å². The van der Waals surface area contributed by atoms with Crippen LogP contribution in [0.1, 0.15) is 36.5 Å². The van der Waals surface area contributed by atoms with Crippen molar-refractivity contribution in [1.29, 1.82) is 0 Å². The van der Waals surface area contributed by atoms with Crippen molar-refractivity contribution in [2.45, 2.75) is 40.2 Å². The zero-order valence-electron chi connectivity index (χ0n) is 14.0. The van der Waals surface area contributed by atoms with E-state index in [0.717, 1.165) is 28.8 Å². The lowest BCUT2D eigenvalue weighted by Crippen LogP contribution is -2.33. The molecule has 2 aromatic rings. The SMILES string of the molecule is CCCCS(=O)(=O)N(Cc1cccnc1)c1ccc(C)cc1C. The molecule has 2 rings (SSSR count). The number of sulfonamides is 1. The second kappa shape index (κ2) is 7.59. The van der Waals surface area contributed by atoms with Crippen molar-refractivity contribution in [2.75, 3.05) is 10.1 Å². The van der Waals surface area contributed by atoms with Crippen LogP contribution in [-0.2, 0) is 16.6 Å². The van der Waals surface area contributed by atoms with Crippen molar-refractivity contribution < 1.29 is 8.42 Å². The topological polar surface area (TPSA) is 50.3 Å². The molecule has 0 atom stereocenters. The number of benzene rings is 1. The molecule has 0 unspecified atom stereocenters. The number of aryl methyl sites for hydroxylation is 2. The maximum Gasteiger partial charge on any atom is 0.235 e. The highest BCUT2D eigenvalue weighted by Gasteiger charge is 2.23. The van der Waals surface area contributed by atoms with Crippen molar-refractivity contribution in [1.82, 2.24) is 4.98 Å². The monoisotopic (exact) mass is 332 g/mol. The summed E-state index contributed by atoms with van der Waals surface area (Å²) in [6.07, 6.45) is 4.92. The Morgan fingerprint density at radius 3 is 2.57 bits per heavy atom. The van der Waals surface area contributed by atoms with E-state index < -0.39 is 10.0 Å². The molecule has 5 heteroatoms. The highest BCUT2D eigenvalue weighted by Crippen LogP contribution is 2.26. The van der Waals surface area contributed by atoms with Gasteiger partial charge in [-0.05, 0) is 43.5 Å². The van der Waals surface area contributed by atoms with E-state index in [0.29, 0.717) is 13.0 Å². The maximum atomic E-state index is 12.8. The van der Waals surface area contributed by atoms with Crippen molar-refractivity contribution >= 4 is 15.7 Å². The van der Waals surface area contributed by atoms with Gasteiger partial charge in [0.25, 0.3) is 0 Å². The Bertz CT molecular complexity index is 743. The van der Waals surface area contributed by atoms with Crippen LogP contribution in [0.5, 0.6) is 0 Å². The predicted octanol–water partition coefficient (Wildman–Crippen LogP) is 3.83. The average molecular weight is 332 g/mol. The lowest BCUT2D eigenvalue weighted by Gasteiger charge is -2.26. The van der Waals surface area contributed by atoms with Crippen LogP contribution in [0.2, 0.25) is 0 Å². The third-order valence-electron chi connectivity index (χ3n) is 3.76. The van der Waals surface area contributed by atoms with Crippen LogP contribution in [-0.4, -0.2) is 19.2 Å². The van der Waals surface area contributed by atoms with Crippen LogP contribution in [0.15, 0.2) is 42.7 Å². The van der Waals surface area contributed by atoms with Gasteiger partial charge in [0.1, 0.15) is 0 Å². The molecule has 124 valence electrons. The molecule has 0 aliphatic rings. The normalized spacial score (nSPS) is 11.4. The largest absolute Gasteiger partial charge is 0.266 e. The van der Waals surface area contributed by atoms with Crippen molar-refractivity contribution in [3.63, 3.8) is 0 Å². The molecule has 0 saturated heterocycles. The molecule has 0 aliphatic carbocycles. The van der Waals surface area contributed by atoms with Gasteiger partial charge < -0.3 is 0 Å². The zero-order chi connectivity index (χ0) is 16.9. The summed E-state index contributed by atoms with van der Waals surface area (Å²) in [5.74, 6) is 0.164. The van der Waals surface area contributed by atoms with Crippen molar-refractivity contribution in [2.24, 2.45) is 0 Å². The number of aromatic nitrogens is 1. The van der Waals surface area contributed by atoms with E-state index >= 15 is 0 Å². The van der Waals surface area contributed by atoms with E-state index in [1.54, 1.807) is 12.4 Å². The Morgan fingerprint density at radius 2 is 1.96 bits per heavy atom. The second-order valence-electron chi connectivity index (χ2n) is 5.83. The van der Waals surface area contributed by atoms with Gasteiger partial charge in [-0.15, -0.1) is 0 Å². The molecule has 0 amide bonds. The van der Waals surface area contributed by atoms with Crippen LogP contribution in [0.25, 0.3) is 0 Å². The number of hydrogen-bond donors (Lipinski definition) is 0. The number of hydrogen-bond acceptors (Lipinski definition) is 3. The highest BCUT2D eigenvalue weighted by molar-refractivity contribution is 7.92. The minimum Gasteiger partial charge on any atom is -0.266 e. The van der Waals surface area contributed by atoms with Crippen molar-refractivity contribution in [3.05, 3.63) is 59.4 Å². The summed E-state index contributed by atoms with van der Waals surface area (Å²) in [7, 11) is -3.37. The molecule has 1 heterocycles. The van der Waals surface area contributed by atoms with Crippen LogP contribution in [0.4, 0.5) is 5.69 Å². The first-order valence-corrected chi connectivity index (χ1v) is 9.51. The minimum atomic E-state index is -3.37. The van der Waals surface area contributed by atoms with E-state index in [1.165, 1.54) is 4.31 Å². The van der Waals surface area contributed by atoms with E-state index in [2.05, 4.69) is 4.98 Å². The number of anilines is 1. The minimum absolute atomic E-state index is 0.164. The molecular formula is C18H24N2O2S. The number of unbranched alkanes of at least 4 members (excludes halogenated alkanes) is 1. The van der Waals surface area contributed by atoms with Gasteiger partial charge in [-0.3, -0.25) is 9.29 Å². The molecule has 0 fully saturated rings. The van der Waals surface area contributed by atoms with Crippen LogP contribution < -0.4 is 4.31 Å². The predicted molar refractivity (Wildman–Crippen MR) is 95.0 cm³/mol. The molecule has 1 aromatic heterocycles. The van der Waals surface area contributed by atoms with E-state index in [9.17, 15) is 8.42 Å². The Hall–Kier alpha value is -1.88. The van der Waals surface area contributed by atoms with Gasteiger partial charge in [-0.2, -0.15) is 0 Å². The lowest BCUT2D eigenvalue weighted by atomic mass is 10.1. The van der Waals surface area contributed by atoms with Gasteiger partial charge in [0.05, 0.1) is 18.0 Å². The molecule has 23 heavy (non-hydrogen) atoms. The van der Waals surface area contributed by atoms with Crippen LogP contribution in [0.3, 0.4) is 0 Å². The molecule has 0 saturated carbocycles. The fourth-order valence-electron chi connectivity index (χ4n) is 2.51. The van der Waals surface area contributed by atoms with Gasteiger partial charge in [-0.25, -0.2) is 8.42 Å². The summed E-state index contributed by atoms with van der Waals surface area (Å²) in [5.41, 5.74) is 3.72. The van der Waals surface area contributed by atoms with Gasteiger partial charge in [0, 0.05) is 12.4 Å². The van der Waals surface area contributed by atoms with Gasteiger partial charge >= 0.3 is 0 Å². The first-order chi connectivity index (χ1) is 10.9. The smallest absolute Gasteiger partial charge is 0.235 e. The maximum absolute atomic E-state index is 12.8. The van der Waals surface area contributed by atoms with Gasteiger partial charge in [0.2, 0.25) is 10.0 Å². The Balaban J connectivity index is 2.42. The lowest BCUT2D eigenvalue weighted by molar-refractivity contribution is 0.587. The number of rotatable bonds is 7. The fraction of sp³-hybridized carbons (Fsp3) is 0.389. The van der Waals surface area contributed by atoms with E-state index in [-0.39, 0.29) is 5.75 Å². The molecule has 0 radical (unpaired) electrons. The quantitative estimate of drug-likeness (QED) is 0.774. The summed E-state index contributed by atoms with van der Waals surface area (Å²) in [6, 6.07) is 9.59. The molecule has 4 nitrogen and oxygen atoms in total. The zero-order valence-corrected chi connectivity index (χ0v) is 14.8. The summed E-state index contributed by atoms with van der Waals surface area (Å²) >= 11 is 0. The molecule has 1 aromatic carbocycles. The second-order valence-corrected chi connectivity index (χ2v) is 7.84. The summed E-state index contributed by atoms with van der Waals surface area (Å²) in [4.78, 5) is 4.09. The summed E-state index contributed by atoms with van der Waals surface area (Å²) < 4.78 is 27.2. The highest BCUT2D eigenvalue weighted by atomic mass is 32.2. The Morgan fingerprint density at radius 1 is 1.17 bits per heavy atom. The van der Waals surface area contributed by atoms with Gasteiger partial charge in [-0.1, -0.05) is 37.1 Å². The first-order valence-electron chi connectivity index (χ1n) is 7.90. The first kappa shape index (κ1) is 17.5. The molecule has 0 bridgehead atoms. The van der Waals surface area contributed by atoms with Gasteiger partial charge in [0.15, 0.2) is 0 Å². The van der Waals surface area contributed by atoms with E-state index in [1.807, 2.05) is 51.1 Å².